The zero-order valence-corrected chi connectivity index (χ0v) is 23.4. The van der Waals surface area contributed by atoms with Crippen molar-refractivity contribution in [2.24, 2.45) is 4.99 Å². The molecule has 0 unspecified atom stereocenters. The van der Waals surface area contributed by atoms with Crippen molar-refractivity contribution in [2.45, 2.75) is 33.9 Å². The highest BCUT2D eigenvalue weighted by Crippen LogP contribution is 2.28. The maximum atomic E-state index is 5.32. The topological polar surface area (TPSA) is 34.1 Å². The lowest BCUT2D eigenvalue weighted by atomic mass is 10.1. The Morgan fingerprint density at radius 1 is 0.788 bits per heavy atom. The van der Waals surface area contributed by atoms with Crippen molar-refractivity contribution < 1.29 is 9.47 Å². The van der Waals surface area contributed by atoms with Crippen molar-refractivity contribution in [2.75, 3.05) is 20.5 Å². The van der Waals surface area contributed by atoms with Gasteiger partial charge in [0.25, 0.3) is 0 Å². The molecule has 4 nitrogen and oxygen atoms in total. The van der Waals surface area contributed by atoms with Gasteiger partial charge in [0.15, 0.2) is 5.17 Å². The first-order valence-electron chi connectivity index (χ1n) is 10.6. The van der Waals surface area contributed by atoms with Crippen molar-refractivity contribution in [3.63, 3.8) is 0 Å². The second-order valence-corrected chi connectivity index (χ2v) is 8.67. The molecule has 3 aromatic carbocycles. The predicted molar refractivity (Wildman–Crippen MR) is 152 cm³/mol. The van der Waals surface area contributed by atoms with E-state index in [4.69, 9.17) is 14.5 Å². The van der Waals surface area contributed by atoms with Crippen LogP contribution in [0.4, 0.5) is 5.69 Å². The van der Waals surface area contributed by atoms with Crippen molar-refractivity contribution in [3.8, 4) is 11.5 Å². The van der Waals surface area contributed by atoms with E-state index in [1.54, 1.807) is 26.0 Å². The molecule has 0 saturated carbocycles. The molecule has 33 heavy (non-hydrogen) atoms. The van der Waals surface area contributed by atoms with E-state index < -0.39 is 0 Å². The zero-order valence-electron chi connectivity index (χ0n) is 20.2. The average Bonchev–Trinajstić information content (AvgIpc) is 2.79. The molecule has 0 aliphatic heterocycles. The van der Waals surface area contributed by atoms with Gasteiger partial charge in [-0.25, -0.2) is 4.99 Å². The number of hydrogen-bond donors (Lipinski definition) is 0. The third-order valence-corrected chi connectivity index (χ3v) is 6.08. The molecule has 0 amide bonds. The molecule has 0 bridgehead atoms. The van der Waals surface area contributed by atoms with Gasteiger partial charge in [-0.2, -0.15) is 0 Å². The van der Waals surface area contributed by atoms with Crippen LogP contribution in [-0.4, -0.2) is 30.5 Å². The molecule has 176 valence electrons. The van der Waals surface area contributed by atoms with Crippen LogP contribution in [0.5, 0.6) is 11.5 Å². The summed E-state index contributed by atoms with van der Waals surface area (Å²) in [6.45, 7) is 7.89. The summed E-state index contributed by atoms with van der Waals surface area (Å²) in [6.07, 6.45) is 2.09. The number of halogens is 1. The second-order valence-electron chi connectivity index (χ2n) is 7.90. The molecule has 0 atom stereocenters. The first-order valence-corrected chi connectivity index (χ1v) is 11.9. The molecule has 0 aromatic heterocycles. The zero-order chi connectivity index (χ0) is 23.1. The molecule has 0 fully saturated rings. The summed E-state index contributed by atoms with van der Waals surface area (Å²) >= 11 is 1.67. The predicted octanol–water partition coefficient (Wildman–Crippen LogP) is 7.30. The summed E-state index contributed by atoms with van der Waals surface area (Å²) in [5.74, 6) is 1.72. The molecule has 3 rings (SSSR count). The first-order chi connectivity index (χ1) is 15.4. The minimum atomic E-state index is 0. The third-order valence-electron chi connectivity index (χ3n) is 5.36. The fourth-order valence-electron chi connectivity index (χ4n) is 3.78. The Hall–Kier alpha value is -2.19. The Balaban J connectivity index is 0.00000385. The number of hydrogen-bond acceptors (Lipinski definition) is 4. The van der Waals surface area contributed by atoms with Gasteiger partial charge >= 0.3 is 0 Å². The van der Waals surface area contributed by atoms with Gasteiger partial charge < -0.3 is 14.4 Å². The van der Waals surface area contributed by atoms with Crippen LogP contribution in [0.3, 0.4) is 0 Å². The van der Waals surface area contributed by atoms with Gasteiger partial charge in [-0.1, -0.05) is 53.7 Å². The van der Waals surface area contributed by atoms with E-state index in [0.717, 1.165) is 35.4 Å². The quantitative estimate of drug-likeness (QED) is 0.168. The van der Waals surface area contributed by atoms with E-state index in [9.17, 15) is 0 Å². The van der Waals surface area contributed by atoms with E-state index in [0.29, 0.717) is 0 Å². The SMILES string of the molecule is COc1ccc(CN(Cc2ccc(OC)cc2)C(=Nc2c(C)cc(C)cc2C)SC)cc1.I. The van der Waals surface area contributed by atoms with E-state index in [-0.39, 0.29) is 24.0 Å². The lowest BCUT2D eigenvalue weighted by Crippen LogP contribution is -2.28. The number of rotatable bonds is 7. The molecule has 0 aliphatic carbocycles. The third kappa shape index (κ3) is 7.40. The summed E-state index contributed by atoms with van der Waals surface area (Å²) in [6, 6.07) is 20.9. The van der Waals surface area contributed by atoms with E-state index in [2.05, 4.69) is 68.3 Å². The Morgan fingerprint density at radius 2 is 1.21 bits per heavy atom. The van der Waals surface area contributed by atoms with Gasteiger partial charge in [0.2, 0.25) is 0 Å². The minimum Gasteiger partial charge on any atom is -0.497 e. The minimum absolute atomic E-state index is 0. The molecule has 0 heterocycles. The first kappa shape index (κ1) is 27.1. The number of thioether (sulfide) groups is 1. The van der Waals surface area contributed by atoms with E-state index in [1.165, 1.54) is 27.8 Å². The van der Waals surface area contributed by atoms with Gasteiger partial charge in [0.05, 0.1) is 19.9 Å². The average molecular weight is 577 g/mol. The van der Waals surface area contributed by atoms with Crippen LogP contribution in [0.15, 0.2) is 65.7 Å². The highest BCUT2D eigenvalue weighted by Gasteiger charge is 2.15. The molecule has 0 aliphatic rings. The number of aliphatic imine (C=N–C) groups is 1. The van der Waals surface area contributed by atoms with Gasteiger partial charge in [-0.05, 0) is 73.5 Å². The number of aryl methyl sites for hydroxylation is 3. The van der Waals surface area contributed by atoms with Crippen LogP contribution in [-0.2, 0) is 13.1 Å². The maximum absolute atomic E-state index is 5.32. The smallest absolute Gasteiger partial charge is 0.164 e. The fourth-order valence-corrected chi connectivity index (χ4v) is 4.35. The monoisotopic (exact) mass is 576 g/mol. The van der Waals surface area contributed by atoms with Crippen molar-refractivity contribution in [1.82, 2.24) is 4.90 Å². The van der Waals surface area contributed by atoms with Crippen LogP contribution >= 0.6 is 35.7 Å². The van der Waals surface area contributed by atoms with Crippen molar-refractivity contribution in [1.29, 1.82) is 0 Å². The van der Waals surface area contributed by atoms with Gasteiger partial charge in [-0.15, -0.1) is 24.0 Å². The molecular weight excluding hydrogens is 543 g/mol. The maximum Gasteiger partial charge on any atom is 0.164 e. The van der Waals surface area contributed by atoms with E-state index in [1.807, 2.05) is 24.3 Å². The Labute approximate surface area is 219 Å². The van der Waals surface area contributed by atoms with Gasteiger partial charge in [0.1, 0.15) is 11.5 Å². The fraction of sp³-hybridized carbons (Fsp3) is 0.296. The highest BCUT2D eigenvalue weighted by atomic mass is 127. The lowest BCUT2D eigenvalue weighted by molar-refractivity contribution is 0.405. The Bertz CT molecular complexity index is 994. The summed E-state index contributed by atoms with van der Waals surface area (Å²) in [5.41, 5.74) is 7.12. The Morgan fingerprint density at radius 3 is 1.58 bits per heavy atom. The summed E-state index contributed by atoms with van der Waals surface area (Å²) in [4.78, 5) is 7.46. The van der Waals surface area contributed by atoms with Crippen LogP contribution in [0.2, 0.25) is 0 Å². The molecule has 0 radical (unpaired) electrons. The van der Waals surface area contributed by atoms with Crippen LogP contribution < -0.4 is 9.47 Å². The molecular formula is C27H33IN2O2S. The standard InChI is InChI=1S/C27H32N2O2S.HI/c1-19-15-20(2)26(21(3)16-19)28-27(32-6)29(17-22-7-11-24(30-4)12-8-22)18-23-9-13-25(31-5)14-10-23;/h7-16H,17-18H2,1-6H3;1H. The highest BCUT2D eigenvalue weighted by molar-refractivity contribution is 14.0. The number of amidine groups is 1. The molecule has 3 aromatic rings. The molecule has 0 saturated heterocycles. The second kappa shape index (κ2) is 12.9. The summed E-state index contributed by atoms with van der Waals surface area (Å²) < 4.78 is 10.6. The van der Waals surface area contributed by atoms with Crippen molar-refractivity contribution in [3.05, 3.63) is 88.5 Å². The molecule has 0 spiro atoms. The van der Waals surface area contributed by atoms with Crippen molar-refractivity contribution >= 4 is 46.6 Å². The Kier molecular flexibility index (Phi) is 10.6. The molecule has 0 N–H and O–H groups in total. The number of benzene rings is 3. The van der Waals surface area contributed by atoms with Crippen LogP contribution in [0, 0.1) is 20.8 Å². The van der Waals surface area contributed by atoms with Gasteiger partial charge in [-0.3, -0.25) is 0 Å². The van der Waals surface area contributed by atoms with E-state index >= 15 is 0 Å². The van der Waals surface area contributed by atoms with Crippen LogP contribution in [0.1, 0.15) is 27.8 Å². The summed E-state index contributed by atoms with van der Waals surface area (Å²) in [5, 5.41) is 0.992. The molecule has 6 heteroatoms. The number of nitrogens with zero attached hydrogens (tertiary/aromatic N) is 2. The van der Waals surface area contributed by atoms with Gasteiger partial charge in [0, 0.05) is 13.1 Å². The number of methoxy groups -OCH3 is 2. The number of ether oxygens (including phenoxy) is 2. The normalized spacial score (nSPS) is 11.0. The van der Waals surface area contributed by atoms with Crippen LogP contribution in [0.25, 0.3) is 0 Å². The largest absolute Gasteiger partial charge is 0.497 e. The lowest BCUT2D eigenvalue weighted by Gasteiger charge is -2.26. The summed E-state index contributed by atoms with van der Waals surface area (Å²) in [7, 11) is 3.38.